The molecule has 1 aliphatic heterocycles. The molecule has 0 unspecified atom stereocenters. The maximum atomic E-state index is 5.61. The smallest absolute Gasteiger partial charge is 0.266 e. The highest BCUT2D eigenvalue weighted by Gasteiger charge is 2.51. The van der Waals surface area contributed by atoms with Crippen LogP contribution >= 0.6 is 0 Å². The van der Waals surface area contributed by atoms with Gasteiger partial charge >= 0.3 is 0 Å². The van der Waals surface area contributed by atoms with Gasteiger partial charge in [0, 0.05) is 26.2 Å². The quantitative estimate of drug-likeness (QED) is 0.932. The van der Waals surface area contributed by atoms with Crippen LogP contribution in [-0.4, -0.2) is 36.3 Å². The van der Waals surface area contributed by atoms with Crippen LogP contribution in [0.3, 0.4) is 0 Å². The topological polar surface area (TPSA) is 54.2 Å². The molecule has 1 aliphatic carbocycles. The zero-order valence-electron chi connectivity index (χ0n) is 12.3. The van der Waals surface area contributed by atoms with Gasteiger partial charge in [0.15, 0.2) is 0 Å². The highest BCUT2D eigenvalue weighted by atomic mass is 16.5. The zero-order chi connectivity index (χ0) is 14.3. The molecule has 1 saturated carbocycles. The third-order valence-corrected chi connectivity index (χ3v) is 4.58. The SMILES string of the molecule is Cc1ccc(C2(c3nc(N4CCNCC4)no3)CC2)cc1. The van der Waals surface area contributed by atoms with Crippen molar-refractivity contribution in [3.8, 4) is 0 Å². The number of hydrogen-bond donors (Lipinski definition) is 1. The number of piperazine rings is 1. The lowest BCUT2D eigenvalue weighted by atomic mass is 9.95. The third kappa shape index (κ3) is 2.21. The maximum absolute atomic E-state index is 5.61. The van der Waals surface area contributed by atoms with E-state index in [1.54, 1.807) is 0 Å². The van der Waals surface area contributed by atoms with Gasteiger partial charge in [-0.05, 0) is 30.5 Å². The molecular formula is C16H20N4O. The van der Waals surface area contributed by atoms with Crippen LogP contribution in [-0.2, 0) is 5.41 Å². The van der Waals surface area contributed by atoms with Gasteiger partial charge in [-0.25, -0.2) is 0 Å². The molecule has 2 aromatic rings. The molecule has 5 nitrogen and oxygen atoms in total. The van der Waals surface area contributed by atoms with Crippen molar-refractivity contribution in [3.05, 3.63) is 41.3 Å². The summed E-state index contributed by atoms with van der Waals surface area (Å²) in [6, 6.07) is 8.69. The molecule has 1 aromatic heterocycles. The first-order valence-corrected chi connectivity index (χ1v) is 7.65. The lowest BCUT2D eigenvalue weighted by Crippen LogP contribution is -2.44. The Morgan fingerprint density at radius 3 is 2.52 bits per heavy atom. The van der Waals surface area contributed by atoms with E-state index in [2.05, 4.69) is 51.5 Å². The Balaban J connectivity index is 1.61. The maximum Gasteiger partial charge on any atom is 0.266 e. The summed E-state index contributed by atoms with van der Waals surface area (Å²) in [5.74, 6) is 1.52. The van der Waals surface area contributed by atoms with Gasteiger partial charge < -0.3 is 14.7 Å². The van der Waals surface area contributed by atoms with E-state index in [4.69, 9.17) is 4.52 Å². The monoisotopic (exact) mass is 284 g/mol. The molecule has 0 spiro atoms. The minimum absolute atomic E-state index is 0.0347. The standard InChI is InChI=1S/C16H20N4O/c1-12-2-4-13(5-3-12)16(6-7-16)14-18-15(19-21-14)20-10-8-17-9-11-20/h2-5,17H,6-11H2,1H3. The average molecular weight is 284 g/mol. The first kappa shape index (κ1) is 12.8. The second kappa shape index (κ2) is 4.84. The average Bonchev–Trinajstić information content (AvgIpc) is 3.19. The van der Waals surface area contributed by atoms with Gasteiger partial charge in [0.1, 0.15) is 0 Å². The van der Waals surface area contributed by atoms with Crippen LogP contribution in [0.1, 0.15) is 29.9 Å². The molecule has 2 heterocycles. The number of rotatable bonds is 3. The van der Waals surface area contributed by atoms with Crippen LogP contribution in [0.5, 0.6) is 0 Å². The fraction of sp³-hybridized carbons (Fsp3) is 0.500. The Bertz CT molecular complexity index is 624. The third-order valence-electron chi connectivity index (χ3n) is 4.58. The van der Waals surface area contributed by atoms with E-state index in [0.29, 0.717) is 0 Å². The Kier molecular flexibility index (Phi) is 2.96. The summed E-state index contributed by atoms with van der Waals surface area (Å²) in [5.41, 5.74) is 2.54. The summed E-state index contributed by atoms with van der Waals surface area (Å²) in [5, 5.41) is 7.54. The van der Waals surface area contributed by atoms with Gasteiger partial charge in [-0.3, -0.25) is 0 Å². The van der Waals surface area contributed by atoms with E-state index in [1.807, 2.05) is 0 Å². The van der Waals surface area contributed by atoms with E-state index >= 15 is 0 Å². The minimum Gasteiger partial charge on any atom is -0.336 e. The first-order valence-electron chi connectivity index (χ1n) is 7.65. The number of nitrogens with zero attached hydrogens (tertiary/aromatic N) is 3. The summed E-state index contributed by atoms with van der Waals surface area (Å²) < 4.78 is 5.61. The largest absolute Gasteiger partial charge is 0.336 e. The predicted octanol–water partition coefficient (Wildman–Crippen LogP) is 1.87. The molecule has 1 aromatic carbocycles. The number of nitrogens with one attached hydrogen (secondary N) is 1. The number of hydrogen-bond acceptors (Lipinski definition) is 5. The fourth-order valence-corrected chi connectivity index (χ4v) is 3.03. The fourth-order valence-electron chi connectivity index (χ4n) is 3.03. The second-order valence-corrected chi connectivity index (χ2v) is 6.08. The molecule has 1 saturated heterocycles. The van der Waals surface area contributed by atoms with Gasteiger partial charge in [-0.1, -0.05) is 29.8 Å². The van der Waals surface area contributed by atoms with Crippen molar-refractivity contribution < 1.29 is 4.52 Å². The van der Waals surface area contributed by atoms with Crippen LogP contribution in [0.4, 0.5) is 5.95 Å². The molecule has 2 aliphatic rings. The summed E-state index contributed by atoms with van der Waals surface area (Å²) in [6.07, 6.45) is 2.19. The molecule has 110 valence electrons. The van der Waals surface area contributed by atoms with E-state index in [1.165, 1.54) is 11.1 Å². The lowest BCUT2D eigenvalue weighted by Gasteiger charge is -2.25. The van der Waals surface area contributed by atoms with Crippen molar-refractivity contribution >= 4 is 5.95 Å². The minimum atomic E-state index is -0.0347. The molecule has 2 fully saturated rings. The van der Waals surface area contributed by atoms with E-state index in [-0.39, 0.29) is 5.41 Å². The molecule has 21 heavy (non-hydrogen) atoms. The first-order chi connectivity index (χ1) is 10.3. The summed E-state index contributed by atoms with van der Waals surface area (Å²) >= 11 is 0. The molecule has 0 atom stereocenters. The lowest BCUT2D eigenvalue weighted by molar-refractivity contribution is 0.358. The van der Waals surface area contributed by atoms with Crippen LogP contribution < -0.4 is 10.2 Å². The molecule has 1 N–H and O–H groups in total. The van der Waals surface area contributed by atoms with Crippen LogP contribution in [0.2, 0.25) is 0 Å². The number of benzene rings is 1. The summed E-state index contributed by atoms with van der Waals surface area (Å²) in [4.78, 5) is 6.88. The Morgan fingerprint density at radius 1 is 1.14 bits per heavy atom. The molecule has 0 bridgehead atoms. The number of aryl methyl sites for hydroxylation is 1. The van der Waals surface area contributed by atoms with Gasteiger partial charge in [0.25, 0.3) is 5.95 Å². The van der Waals surface area contributed by atoms with Crippen LogP contribution in [0.15, 0.2) is 28.8 Å². The van der Waals surface area contributed by atoms with E-state index in [9.17, 15) is 0 Å². The number of aromatic nitrogens is 2. The van der Waals surface area contributed by atoms with E-state index < -0.39 is 0 Å². The van der Waals surface area contributed by atoms with Crippen molar-refractivity contribution in [2.24, 2.45) is 0 Å². The van der Waals surface area contributed by atoms with Gasteiger partial charge in [-0.2, -0.15) is 4.98 Å². The molecular weight excluding hydrogens is 264 g/mol. The van der Waals surface area contributed by atoms with E-state index in [0.717, 1.165) is 50.9 Å². The van der Waals surface area contributed by atoms with Gasteiger partial charge in [-0.15, -0.1) is 0 Å². The van der Waals surface area contributed by atoms with Crippen molar-refractivity contribution in [2.45, 2.75) is 25.2 Å². The predicted molar refractivity (Wildman–Crippen MR) is 80.6 cm³/mol. The van der Waals surface area contributed by atoms with Crippen LogP contribution in [0, 0.1) is 6.92 Å². The molecule has 5 heteroatoms. The second-order valence-electron chi connectivity index (χ2n) is 6.08. The summed E-state index contributed by atoms with van der Waals surface area (Å²) in [7, 11) is 0. The van der Waals surface area contributed by atoms with Crippen LogP contribution in [0.25, 0.3) is 0 Å². The van der Waals surface area contributed by atoms with Crippen molar-refractivity contribution in [3.63, 3.8) is 0 Å². The summed E-state index contributed by atoms with van der Waals surface area (Å²) in [6.45, 7) is 5.95. The van der Waals surface area contributed by atoms with Gasteiger partial charge in [0.05, 0.1) is 5.41 Å². The van der Waals surface area contributed by atoms with Crippen molar-refractivity contribution in [1.82, 2.24) is 15.5 Å². The van der Waals surface area contributed by atoms with Crippen molar-refractivity contribution in [2.75, 3.05) is 31.1 Å². The Hall–Kier alpha value is -1.88. The normalized spacial score (nSPS) is 20.5. The van der Waals surface area contributed by atoms with Crippen molar-refractivity contribution in [1.29, 1.82) is 0 Å². The Morgan fingerprint density at radius 2 is 1.86 bits per heavy atom. The molecule has 0 radical (unpaired) electrons. The number of anilines is 1. The highest BCUT2D eigenvalue weighted by molar-refractivity contribution is 5.41. The molecule has 0 amide bonds. The zero-order valence-corrected chi connectivity index (χ0v) is 12.3. The Labute approximate surface area is 124 Å². The highest BCUT2D eigenvalue weighted by Crippen LogP contribution is 2.53. The molecule has 4 rings (SSSR count). The van der Waals surface area contributed by atoms with Gasteiger partial charge in [0.2, 0.25) is 5.89 Å².